The maximum absolute atomic E-state index is 4.34. The maximum Gasteiger partial charge on any atom is 0.213 e. The molecule has 1 heterocycles. The van der Waals surface area contributed by atoms with Crippen LogP contribution in [0, 0.1) is 6.92 Å². The van der Waals surface area contributed by atoms with E-state index >= 15 is 0 Å². The van der Waals surface area contributed by atoms with Gasteiger partial charge in [-0.15, -0.1) is 5.10 Å². The molecule has 1 fully saturated rings. The van der Waals surface area contributed by atoms with Crippen LogP contribution in [0.4, 0.5) is 0 Å². The van der Waals surface area contributed by atoms with Gasteiger partial charge in [-0.1, -0.05) is 22.0 Å². The Kier molecular flexibility index (Phi) is 3.91. The zero-order chi connectivity index (χ0) is 13.2. The second-order valence-corrected chi connectivity index (χ2v) is 6.64. The van der Waals surface area contributed by atoms with Crippen LogP contribution in [0.25, 0.3) is 0 Å². The number of halogens is 1. The normalized spacial score (nSPS) is 14.8. The zero-order valence-electron chi connectivity index (χ0n) is 10.6. The monoisotopic (exact) mass is 338 g/mol. The van der Waals surface area contributed by atoms with E-state index in [1.165, 1.54) is 23.3 Å². The number of rotatable bonds is 5. The molecule has 1 aliphatic carbocycles. The first-order valence-corrected chi connectivity index (χ1v) is 7.90. The number of aromatic amines is 1. The molecule has 6 heteroatoms. The molecule has 0 unspecified atom stereocenters. The van der Waals surface area contributed by atoms with Crippen molar-refractivity contribution in [3.8, 4) is 0 Å². The highest BCUT2D eigenvalue weighted by Gasteiger charge is 2.20. The van der Waals surface area contributed by atoms with Crippen molar-refractivity contribution in [2.24, 2.45) is 0 Å². The summed E-state index contributed by atoms with van der Waals surface area (Å²) in [5.74, 6) is 0.843. The van der Waals surface area contributed by atoms with Gasteiger partial charge in [0.05, 0.1) is 0 Å². The summed E-state index contributed by atoms with van der Waals surface area (Å²) in [6.07, 6.45) is 2.61. The minimum absolute atomic E-state index is 0.715. The molecular weight excluding hydrogens is 324 g/mol. The van der Waals surface area contributed by atoms with Gasteiger partial charge in [-0.2, -0.15) is 0 Å². The smallest absolute Gasteiger partial charge is 0.213 e. The number of aromatic nitrogens is 3. The largest absolute Gasteiger partial charge is 0.310 e. The Morgan fingerprint density at radius 1 is 1.47 bits per heavy atom. The number of nitrogens with one attached hydrogen (secondary N) is 2. The van der Waals surface area contributed by atoms with E-state index in [4.69, 9.17) is 0 Å². The van der Waals surface area contributed by atoms with Crippen molar-refractivity contribution in [3.05, 3.63) is 34.1 Å². The highest BCUT2D eigenvalue weighted by atomic mass is 79.9. The molecule has 2 N–H and O–H groups in total. The van der Waals surface area contributed by atoms with Crippen molar-refractivity contribution in [2.75, 3.05) is 0 Å². The molecule has 0 aliphatic heterocycles. The van der Waals surface area contributed by atoms with Crippen LogP contribution < -0.4 is 5.32 Å². The number of hydrogen-bond acceptors (Lipinski definition) is 4. The Balaban J connectivity index is 1.78. The summed E-state index contributed by atoms with van der Waals surface area (Å²) in [7, 11) is 0. The Hall–Kier alpha value is -0.850. The predicted molar refractivity (Wildman–Crippen MR) is 79.2 cm³/mol. The molecule has 4 nitrogen and oxygen atoms in total. The lowest BCUT2D eigenvalue weighted by Crippen LogP contribution is -2.15. The van der Waals surface area contributed by atoms with E-state index < -0.39 is 0 Å². The SMILES string of the molecule is Cc1nc(Sc2cc(Br)ccc2CNC2CC2)n[nH]1. The van der Waals surface area contributed by atoms with Crippen molar-refractivity contribution < 1.29 is 0 Å². The van der Waals surface area contributed by atoms with Gasteiger partial charge in [0.2, 0.25) is 5.16 Å². The third-order valence-electron chi connectivity index (χ3n) is 2.97. The molecule has 0 bridgehead atoms. The van der Waals surface area contributed by atoms with Crippen LogP contribution in [0.15, 0.2) is 32.7 Å². The van der Waals surface area contributed by atoms with Crippen LogP contribution in [0.3, 0.4) is 0 Å². The van der Waals surface area contributed by atoms with Gasteiger partial charge in [0.25, 0.3) is 0 Å². The van der Waals surface area contributed by atoms with Gasteiger partial charge in [0.15, 0.2) is 0 Å². The summed E-state index contributed by atoms with van der Waals surface area (Å²) in [5.41, 5.74) is 1.29. The average molecular weight is 339 g/mol. The Morgan fingerprint density at radius 2 is 2.32 bits per heavy atom. The molecule has 1 aromatic carbocycles. The van der Waals surface area contributed by atoms with Crippen molar-refractivity contribution in [1.82, 2.24) is 20.5 Å². The van der Waals surface area contributed by atoms with Crippen molar-refractivity contribution >= 4 is 27.7 Å². The molecule has 1 saturated carbocycles. The molecule has 100 valence electrons. The van der Waals surface area contributed by atoms with Crippen LogP contribution in [-0.2, 0) is 6.54 Å². The van der Waals surface area contributed by atoms with Gasteiger partial charge in [-0.3, -0.25) is 5.10 Å². The first kappa shape index (κ1) is 13.1. The Bertz CT molecular complexity index is 580. The number of nitrogens with zero attached hydrogens (tertiary/aromatic N) is 2. The van der Waals surface area contributed by atoms with E-state index in [-0.39, 0.29) is 0 Å². The minimum atomic E-state index is 0.715. The van der Waals surface area contributed by atoms with Crippen LogP contribution in [0.2, 0.25) is 0 Å². The fourth-order valence-electron chi connectivity index (χ4n) is 1.78. The summed E-state index contributed by atoms with van der Waals surface area (Å²) in [6, 6.07) is 7.07. The van der Waals surface area contributed by atoms with Gasteiger partial charge in [0.1, 0.15) is 5.82 Å². The zero-order valence-corrected chi connectivity index (χ0v) is 13.0. The molecule has 2 aromatic rings. The molecule has 0 saturated heterocycles. The Morgan fingerprint density at radius 3 is 3.00 bits per heavy atom. The number of benzene rings is 1. The van der Waals surface area contributed by atoms with E-state index in [9.17, 15) is 0 Å². The molecule has 0 atom stereocenters. The van der Waals surface area contributed by atoms with Crippen LogP contribution >= 0.6 is 27.7 Å². The van der Waals surface area contributed by atoms with E-state index in [2.05, 4.69) is 54.6 Å². The van der Waals surface area contributed by atoms with Crippen LogP contribution in [0.1, 0.15) is 24.2 Å². The highest BCUT2D eigenvalue weighted by molar-refractivity contribution is 9.10. The lowest BCUT2D eigenvalue weighted by molar-refractivity contribution is 0.680. The van der Waals surface area contributed by atoms with Crippen molar-refractivity contribution in [3.63, 3.8) is 0 Å². The van der Waals surface area contributed by atoms with E-state index in [0.717, 1.165) is 22.0 Å². The van der Waals surface area contributed by atoms with Gasteiger partial charge >= 0.3 is 0 Å². The fourth-order valence-corrected chi connectivity index (χ4v) is 3.22. The van der Waals surface area contributed by atoms with Crippen LogP contribution in [0.5, 0.6) is 0 Å². The topological polar surface area (TPSA) is 53.6 Å². The first-order chi connectivity index (χ1) is 9.20. The molecular formula is C13H15BrN4S. The standard InChI is InChI=1S/C13H15BrN4S/c1-8-16-13(18-17-8)19-12-6-10(14)3-2-9(12)7-15-11-4-5-11/h2-3,6,11,15H,4-5,7H2,1H3,(H,16,17,18). The average Bonchev–Trinajstić information content (AvgIpc) is 3.12. The third-order valence-corrected chi connectivity index (χ3v) is 4.42. The molecule has 19 heavy (non-hydrogen) atoms. The fraction of sp³-hybridized carbons (Fsp3) is 0.385. The summed E-state index contributed by atoms with van der Waals surface area (Å²) in [6.45, 7) is 2.82. The Labute approximate surface area is 124 Å². The number of hydrogen-bond donors (Lipinski definition) is 2. The number of H-pyrrole nitrogens is 1. The summed E-state index contributed by atoms with van der Waals surface area (Å²) in [5, 5.41) is 11.4. The maximum atomic E-state index is 4.34. The van der Waals surface area contributed by atoms with Crippen molar-refractivity contribution in [1.29, 1.82) is 0 Å². The molecule has 0 radical (unpaired) electrons. The molecule has 1 aliphatic rings. The quantitative estimate of drug-likeness (QED) is 0.878. The first-order valence-electron chi connectivity index (χ1n) is 6.29. The minimum Gasteiger partial charge on any atom is -0.310 e. The van der Waals surface area contributed by atoms with E-state index in [1.54, 1.807) is 11.8 Å². The van der Waals surface area contributed by atoms with Crippen molar-refractivity contribution in [2.45, 2.75) is 42.4 Å². The predicted octanol–water partition coefficient (Wildman–Crippen LogP) is 3.28. The molecule has 1 aromatic heterocycles. The molecule has 3 rings (SSSR count). The highest BCUT2D eigenvalue weighted by Crippen LogP contribution is 2.31. The second kappa shape index (κ2) is 5.64. The van der Waals surface area contributed by atoms with E-state index in [0.29, 0.717) is 6.04 Å². The van der Waals surface area contributed by atoms with E-state index in [1.807, 2.05) is 6.92 Å². The summed E-state index contributed by atoms with van der Waals surface area (Å²) in [4.78, 5) is 5.54. The van der Waals surface area contributed by atoms with Gasteiger partial charge in [0, 0.05) is 22.0 Å². The molecule has 0 spiro atoms. The van der Waals surface area contributed by atoms with Gasteiger partial charge < -0.3 is 5.32 Å². The van der Waals surface area contributed by atoms with Gasteiger partial charge in [-0.05, 0) is 49.2 Å². The summed E-state index contributed by atoms with van der Waals surface area (Å²) < 4.78 is 1.08. The summed E-state index contributed by atoms with van der Waals surface area (Å²) >= 11 is 5.12. The molecule has 0 amide bonds. The third kappa shape index (κ3) is 3.58. The number of aryl methyl sites for hydroxylation is 1. The lowest BCUT2D eigenvalue weighted by Gasteiger charge is -2.09. The van der Waals surface area contributed by atoms with Gasteiger partial charge in [-0.25, -0.2) is 4.98 Å². The lowest BCUT2D eigenvalue weighted by atomic mass is 10.2. The second-order valence-electron chi connectivity index (χ2n) is 4.71. The van der Waals surface area contributed by atoms with Crippen LogP contribution in [-0.4, -0.2) is 21.2 Å².